The van der Waals surface area contributed by atoms with Crippen molar-refractivity contribution in [2.75, 3.05) is 0 Å². The van der Waals surface area contributed by atoms with Crippen LogP contribution in [0.4, 0.5) is 0 Å². The van der Waals surface area contributed by atoms with E-state index in [1.165, 1.54) is 11.3 Å². The van der Waals surface area contributed by atoms with E-state index in [2.05, 4.69) is 4.98 Å². The van der Waals surface area contributed by atoms with E-state index >= 15 is 0 Å². The second kappa shape index (κ2) is 6.87. The number of aromatic nitrogens is 1. The second-order valence-corrected chi connectivity index (χ2v) is 6.49. The highest BCUT2D eigenvalue weighted by Crippen LogP contribution is 2.29. The molecule has 0 aliphatic heterocycles. The number of para-hydroxylation sites is 1. The minimum absolute atomic E-state index is 0.309. The summed E-state index contributed by atoms with van der Waals surface area (Å²) in [5.41, 5.74) is 0.752. The van der Waals surface area contributed by atoms with Crippen molar-refractivity contribution in [3.63, 3.8) is 0 Å². The molecule has 0 N–H and O–H groups in total. The van der Waals surface area contributed by atoms with Crippen LogP contribution in [0.1, 0.15) is 38.6 Å². The molecule has 0 aliphatic carbocycles. The van der Waals surface area contributed by atoms with E-state index in [0.717, 1.165) is 10.2 Å². The Balaban J connectivity index is 2.38. The Labute approximate surface area is 133 Å². The molecular formula is C16H19NO4S. The number of carbonyl (C=O) groups excluding carboxylic acids is 2. The van der Waals surface area contributed by atoms with Gasteiger partial charge in [0, 0.05) is 0 Å². The third kappa shape index (κ3) is 3.82. The zero-order valence-corrected chi connectivity index (χ0v) is 13.8. The Bertz CT molecular complexity index is 623. The number of fused-ring (bicyclic) bond motifs is 1. The molecule has 1 heterocycles. The summed E-state index contributed by atoms with van der Waals surface area (Å²) >= 11 is 1.30. The molecule has 0 saturated heterocycles. The number of nitrogens with zero attached hydrogens (tertiary/aromatic N) is 1. The summed E-state index contributed by atoms with van der Waals surface area (Å²) in [5, 5.41) is 0.400. The largest absolute Gasteiger partial charge is 0.462 e. The molecule has 0 fully saturated rings. The van der Waals surface area contributed by atoms with E-state index in [0.29, 0.717) is 5.01 Å². The van der Waals surface area contributed by atoms with E-state index in [9.17, 15) is 9.59 Å². The number of hydrogen-bond acceptors (Lipinski definition) is 6. The third-order valence-corrected chi connectivity index (χ3v) is 3.83. The minimum Gasteiger partial charge on any atom is -0.462 e. The number of carbonyl (C=O) groups is 2. The molecule has 0 saturated carbocycles. The molecule has 22 heavy (non-hydrogen) atoms. The van der Waals surface area contributed by atoms with E-state index in [4.69, 9.17) is 9.47 Å². The maximum absolute atomic E-state index is 12.3. The van der Waals surface area contributed by atoms with Crippen molar-refractivity contribution >= 4 is 33.5 Å². The van der Waals surface area contributed by atoms with Crippen molar-refractivity contribution in [3.05, 3.63) is 29.3 Å². The van der Waals surface area contributed by atoms with Crippen LogP contribution >= 0.6 is 11.3 Å². The number of benzene rings is 1. The molecule has 0 atom stereocenters. The lowest BCUT2D eigenvalue weighted by Gasteiger charge is -2.16. The predicted molar refractivity (Wildman–Crippen MR) is 84.8 cm³/mol. The van der Waals surface area contributed by atoms with Crippen molar-refractivity contribution in [3.8, 4) is 0 Å². The Morgan fingerprint density at radius 2 is 1.55 bits per heavy atom. The van der Waals surface area contributed by atoms with Gasteiger partial charge in [-0.2, -0.15) is 0 Å². The quantitative estimate of drug-likeness (QED) is 0.624. The van der Waals surface area contributed by atoms with E-state index in [-0.39, 0.29) is 12.2 Å². The van der Waals surface area contributed by atoms with Gasteiger partial charge in [-0.3, -0.25) is 9.59 Å². The smallest absolute Gasteiger partial charge is 0.327 e. The number of hydrogen-bond donors (Lipinski definition) is 0. The fourth-order valence-corrected chi connectivity index (χ4v) is 2.96. The van der Waals surface area contributed by atoms with Gasteiger partial charge >= 0.3 is 11.9 Å². The SMILES string of the molecule is CC(C)OC(=O)C(C(=O)OC(C)C)c1nc2ccccc2s1. The van der Waals surface area contributed by atoms with E-state index in [1.54, 1.807) is 27.7 Å². The highest BCUT2D eigenvalue weighted by Gasteiger charge is 2.35. The Hall–Kier alpha value is -1.95. The van der Waals surface area contributed by atoms with Crippen LogP contribution in [0.5, 0.6) is 0 Å². The molecule has 118 valence electrons. The van der Waals surface area contributed by atoms with Gasteiger partial charge in [-0.1, -0.05) is 12.1 Å². The molecule has 0 bridgehead atoms. The number of ether oxygens (including phenoxy) is 2. The van der Waals surface area contributed by atoms with Crippen LogP contribution in [0, 0.1) is 0 Å². The van der Waals surface area contributed by atoms with Gasteiger partial charge in [-0.15, -0.1) is 11.3 Å². The summed E-state index contributed by atoms with van der Waals surface area (Å²) in [6, 6.07) is 7.49. The van der Waals surface area contributed by atoms with Gasteiger partial charge in [-0.25, -0.2) is 4.98 Å². The molecule has 0 radical (unpaired) electrons. The maximum atomic E-state index is 12.3. The highest BCUT2D eigenvalue weighted by molar-refractivity contribution is 7.18. The van der Waals surface area contributed by atoms with Crippen molar-refractivity contribution in [1.82, 2.24) is 4.98 Å². The van der Waals surface area contributed by atoms with Crippen molar-refractivity contribution in [2.45, 2.75) is 45.8 Å². The zero-order chi connectivity index (χ0) is 16.3. The third-order valence-electron chi connectivity index (χ3n) is 2.73. The van der Waals surface area contributed by atoms with Gasteiger partial charge in [-0.05, 0) is 39.8 Å². The van der Waals surface area contributed by atoms with Gasteiger partial charge < -0.3 is 9.47 Å². The Kier molecular flexibility index (Phi) is 5.13. The first-order chi connectivity index (χ1) is 10.4. The number of rotatable bonds is 5. The molecule has 6 heteroatoms. The van der Waals surface area contributed by atoms with Gasteiger partial charge in [0.15, 0.2) is 0 Å². The first-order valence-corrected chi connectivity index (χ1v) is 7.96. The Morgan fingerprint density at radius 1 is 1.00 bits per heavy atom. The van der Waals surface area contributed by atoms with Crippen LogP contribution in [0.3, 0.4) is 0 Å². The minimum atomic E-state index is -1.14. The Morgan fingerprint density at radius 3 is 2.05 bits per heavy atom. The zero-order valence-electron chi connectivity index (χ0n) is 13.0. The molecule has 5 nitrogen and oxygen atoms in total. The van der Waals surface area contributed by atoms with Crippen molar-refractivity contribution in [2.24, 2.45) is 0 Å². The molecular weight excluding hydrogens is 302 g/mol. The lowest BCUT2D eigenvalue weighted by molar-refractivity contribution is -0.161. The van der Waals surface area contributed by atoms with Crippen LogP contribution < -0.4 is 0 Å². The molecule has 0 amide bonds. The fourth-order valence-electron chi connectivity index (χ4n) is 1.91. The van der Waals surface area contributed by atoms with Crippen LogP contribution in [0.25, 0.3) is 10.2 Å². The van der Waals surface area contributed by atoms with Crippen LogP contribution in [-0.2, 0) is 19.1 Å². The van der Waals surface area contributed by atoms with Crippen LogP contribution in [0.2, 0.25) is 0 Å². The predicted octanol–water partition coefficient (Wildman–Crippen LogP) is 3.28. The average Bonchev–Trinajstić information content (AvgIpc) is 2.79. The first kappa shape index (κ1) is 16.4. The lowest BCUT2D eigenvalue weighted by Crippen LogP contribution is -2.29. The summed E-state index contributed by atoms with van der Waals surface area (Å²) < 4.78 is 11.3. The molecule has 2 aromatic rings. The highest BCUT2D eigenvalue weighted by atomic mass is 32.1. The molecule has 1 aromatic heterocycles. The molecule has 0 aliphatic rings. The lowest BCUT2D eigenvalue weighted by atomic mass is 10.1. The van der Waals surface area contributed by atoms with Gasteiger partial charge in [0.05, 0.1) is 22.4 Å². The standard InChI is InChI=1S/C16H19NO4S/c1-9(2)20-15(18)13(16(19)21-10(3)4)14-17-11-7-5-6-8-12(11)22-14/h5-10,13H,1-4H3. The van der Waals surface area contributed by atoms with Crippen molar-refractivity contribution in [1.29, 1.82) is 0 Å². The fraction of sp³-hybridized carbons (Fsp3) is 0.438. The first-order valence-electron chi connectivity index (χ1n) is 7.15. The summed E-state index contributed by atoms with van der Waals surface area (Å²) in [6.07, 6.45) is -0.618. The summed E-state index contributed by atoms with van der Waals surface area (Å²) in [5.74, 6) is -2.39. The van der Waals surface area contributed by atoms with E-state index < -0.39 is 17.9 Å². The summed E-state index contributed by atoms with van der Waals surface area (Å²) in [6.45, 7) is 6.95. The molecule has 0 unspecified atom stereocenters. The van der Waals surface area contributed by atoms with Crippen LogP contribution in [0.15, 0.2) is 24.3 Å². The van der Waals surface area contributed by atoms with Gasteiger partial charge in [0.25, 0.3) is 0 Å². The maximum Gasteiger partial charge on any atom is 0.327 e. The number of esters is 2. The summed E-state index contributed by atoms with van der Waals surface area (Å²) in [4.78, 5) is 29.0. The topological polar surface area (TPSA) is 65.5 Å². The molecule has 2 rings (SSSR count). The van der Waals surface area contributed by atoms with Gasteiger partial charge in [0.2, 0.25) is 5.92 Å². The van der Waals surface area contributed by atoms with E-state index in [1.807, 2.05) is 24.3 Å². The monoisotopic (exact) mass is 321 g/mol. The molecule has 0 spiro atoms. The average molecular weight is 321 g/mol. The molecule has 1 aromatic carbocycles. The van der Waals surface area contributed by atoms with Crippen LogP contribution in [-0.4, -0.2) is 29.1 Å². The normalized spacial score (nSPS) is 11.4. The van der Waals surface area contributed by atoms with Gasteiger partial charge in [0.1, 0.15) is 5.01 Å². The number of thiazole rings is 1. The second-order valence-electron chi connectivity index (χ2n) is 5.42. The van der Waals surface area contributed by atoms with Crippen molar-refractivity contribution < 1.29 is 19.1 Å². The summed E-state index contributed by atoms with van der Waals surface area (Å²) in [7, 11) is 0.